The van der Waals surface area contributed by atoms with Crippen molar-refractivity contribution in [1.82, 2.24) is 5.32 Å². The normalized spacial score (nSPS) is 35.9. The molecule has 0 bridgehead atoms. The summed E-state index contributed by atoms with van der Waals surface area (Å²) in [7, 11) is 0. The third kappa shape index (κ3) is 2.87. The number of carbonyl (C=O) groups is 2. The highest BCUT2D eigenvalue weighted by atomic mass is 16.8. The first-order chi connectivity index (χ1) is 13.7. The Morgan fingerprint density at radius 3 is 2.66 bits per heavy atom. The van der Waals surface area contributed by atoms with E-state index in [2.05, 4.69) is 5.32 Å². The minimum Gasteiger partial charge on any atom is -0.465 e. The predicted octanol–water partition coefficient (Wildman–Crippen LogP) is 0.685. The van der Waals surface area contributed by atoms with E-state index in [4.69, 9.17) is 23.7 Å². The molecule has 9 nitrogen and oxygen atoms in total. The zero-order chi connectivity index (χ0) is 20.5. The SMILES string of the molecule is CC(=O)OC[C@H]1[C@H](O)[C@H]2OC(C)(C)O[C@H]2[C@@H]2NC(=O)c3cc4c(cc3[C@@H]12)OCO4. The molecule has 9 heteroatoms. The lowest BCUT2D eigenvalue weighted by Crippen LogP contribution is -2.64. The Labute approximate surface area is 167 Å². The summed E-state index contributed by atoms with van der Waals surface area (Å²) in [6.07, 6.45) is -2.14. The number of hydrogen-bond acceptors (Lipinski definition) is 8. The molecule has 1 saturated carbocycles. The molecule has 1 saturated heterocycles. The van der Waals surface area contributed by atoms with Crippen LogP contribution in [-0.2, 0) is 19.0 Å². The summed E-state index contributed by atoms with van der Waals surface area (Å²) >= 11 is 0. The summed E-state index contributed by atoms with van der Waals surface area (Å²) in [5, 5.41) is 14.2. The van der Waals surface area contributed by atoms with Crippen molar-refractivity contribution in [3.05, 3.63) is 23.3 Å². The van der Waals surface area contributed by atoms with Gasteiger partial charge in [0, 0.05) is 24.3 Å². The van der Waals surface area contributed by atoms with E-state index in [1.54, 1.807) is 26.0 Å². The van der Waals surface area contributed by atoms with Crippen LogP contribution in [0.15, 0.2) is 12.1 Å². The first-order valence-electron chi connectivity index (χ1n) is 9.66. The summed E-state index contributed by atoms with van der Waals surface area (Å²) in [6, 6.07) is 2.98. The summed E-state index contributed by atoms with van der Waals surface area (Å²) < 4.78 is 28.2. The maximum atomic E-state index is 12.9. The van der Waals surface area contributed by atoms with E-state index in [1.165, 1.54) is 6.92 Å². The average Bonchev–Trinajstić information content (AvgIpc) is 3.23. The summed E-state index contributed by atoms with van der Waals surface area (Å²) in [5.74, 6) is -1.40. The standard InChI is InChI=1S/C20H23NO8/c1-8(22)25-6-11-14-9-4-12-13(27-7-26-12)5-10(9)19(24)21-15(14)17-18(16(11)23)29-20(2,3)28-17/h4-5,11,14-18,23H,6-7H2,1-3H3,(H,21,24)/t11-,14+,15-,16+,17+,18-/m1/s1. The van der Waals surface area contributed by atoms with Gasteiger partial charge in [-0.1, -0.05) is 0 Å². The van der Waals surface area contributed by atoms with E-state index in [-0.39, 0.29) is 25.2 Å². The van der Waals surface area contributed by atoms with E-state index in [0.29, 0.717) is 22.6 Å². The molecule has 2 fully saturated rings. The second-order valence-electron chi connectivity index (χ2n) is 8.34. The molecule has 1 aromatic rings. The fourth-order valence-corrected chi connectivity index (χ4v) is 4.96. The van der Waals surface area contributed by atoms with Crippen LogP contribution in [0.2, 0.25) is 0 Å². The average molecular weight is 405 g/mol. The number of carbonyl (C=O) groups excluding carboxylic acids is 2. The summed E-state index contributed by atoms with van der Waals surface area (Å²) in [4.78, 5) is 24.4. The van der Waals surface area contributed by atoms with Crippen molar-refractivity contribution in [3.8, 4) is 11.5 Å². The Morgan fingerprint density at radius 1 is 1.24 bits per heavy atom. The highest BCUT2D eigenvalue weighted by molar-refractivity contribution is 5.98. The summed E-state index contributed by atoms with van der Waals surface area (Å²) in [5.41, 5.74) is 1.16. The second-order valence-corrected chi connectivity index (χ2v) is 8.34. The number of amides is 1. The van der Waals surface area contributed by atoms with Gasteiger partial charge in [-0.3, -0.25) is 9.59 Å². The van der Waals surface area contributed by atoms with Gasteiger partial charge in [0.25, 0.3) is 5.91 Å². The molecule has 1 amide bonds. The van der Waals surface area contributed by atoms with Gasteiger partial charge < -0.3 is 34.1 Å². The Morgan fingerprint density at radius 2 is 1.93 bits per heavy atom. The maximum Gasteiger partial charge on any atom is 0.302 e. The van der Waals surface area contributed by atoms with Gasteiger partial charge in [-0.05, 0) is 31.5 Å². The van der Waals surface area contributed by atoms with Crippen LogP contribution < -0.4 is 14.8 Å². The number of aliphatic hydroxyl groups is 1. The van der Waals surface area contributed by atoms with Crippen molar-refractivity contribution in [2.24, 2.45) is 5.92 Å². The van der Waals surface area contributed by atoms with Gasteiger partial charge >= 0.3 is 5.97 Å². The molecule has 2 N–H and O–H groups in total. The Bertz CT molecular complexity index is 883. The molecule has 0 aromatic heterocycles. The van der Waals surface area contributed by atoms with Gasteiger partial charge in [0.2, 0.25) is 6.79 Å². The summed E-state index contributed by atoms with van der Waals surface area (Å²) in [6.45, 7) is 4.94. The maximum absolute atomic E-state index is 12.9. The van der Waals surface area contributed by atoms with Crippen LogP contribution in [0.25, 0.3) is 0 Å². The second kappa shape index (κ2) is 6.32. The molecule has 4 aliphatic rings. The fourth-order valence-electron chi connectivity index (χ4n) is 4.96. The van der Waals surface area contributed by atoms with Crippen LogP contribution in [0.5, 0.6) is 11.5 Å². The number of aliphatic hydroxyl groups excluding tert-OH is 1. The van der Waals surface area contributed by atoms with Gasteiger partial charge in [0.15, 0.2) is 17.3 Å². The van der Waals surface area contributed by atoms with Gasteiger partial charge in [-0.25, -0.2) is 0 Å². The van der Waals surface area contributed by atoms with Crippen molar-refractivity contribution in [2.75, 3.05) is 13.4 Å². The zero-order valence-corrected chi connectivity index (χ0v) is 16.3. The number of esters is 1. The molecule has 3 aliphatic heterocycles. The zero-order valence-electron chi connectivity index (χ0n) is 16.3. The Hall–Kier alpha value is -2.36. The van der Waals surface area contributed by atoms with Crippen LogP contribution in [0.1, 0.15) is 42.6 Å². The quantitative estimate of drug-likeness (QED) is 0.691. The van der Waals surface area contributed by atoms with E-state index in [1.807, 2.05) is 0 Å². The molecule has 5 rings (SSSR count). The molecule has 1 aliphatic carbocycles. The van der Waals surface area contributed by atoms with E-state index < -0.39 is 42.0 Å². The molecule has 0 spiro atoms. The first-order valence-corrected chi connectivity index (χ1v) is 9.66. The van der Waals surface area contributed by atoms with Gasteiger partial charge in [0.1, 0.15) is 12.2 Å². The van der Waals surface area contributed by atoms with Crippen molar-refractivity contribution >= 4 is 11.9 Å². The number of nitrogens with one attached hydrogen (secondary N) is 1. The molecule has 0 unspecified atom stereocenters. The van der Waals surface area contributed by atoms with E-state index in [0.717, 1.165) is 0 Å². The van der Waals surface area contributed by atoms with Crippen LogP contribution >= 0.6 is 0 Å². The van der Waals surface area contributed by atoms with Crippen LogP contribution in [0.3, 0.4) is 0 Å². The number of benzene rings is 1. The minimum absolute atomic E-state index is 0.00553. The first kappa shape index (κ1) is 18.7. The largest absolute Gasteiger partial charge is 0.465 e. The minimum atomic E-state index is -0.948. The number of rotatable bonds is 2. The third-order valence-corrected chi connectivity index (χ3v) is 6.07. The molecule has 156 valence electrons. The van der Waals surface area contributed by atoms with Crippen LogP contribution in [0, 0.1) is 5.92 Å². The Kier molecular flexibility index (Phi) is 4.06. The topological polar surface area (TPSA) is 113 Å². The van der Waals surface area contributed by atoms with Gasteiger partial charge in [0.05, 0.1) is 18.8 Å². The lowest BCUT2D eigenvalue weighted by Gasteiger charge is -2.48. The van der Waals surface area contributed by atoms with Gasteiger partial charge in [-0.2, -0.15) is 0 Å². The number of ether oxygens (including phenoxy) is 5. The lowest BCUT2D eigenvalue weighted by atomic mass is 9.66. The molecule has 1 aromatic carbocycles. The molecule has 0 radical (unpaired) electrons. The van der Waals surface area contributed by atoms with Crippen molar-refractivity contribution < 1.29 is 38.4 Å². The van der Waals surface area contributed by atoms with E-state index >= 15 is 0 Å². The monoisotopic (exact) mass is 405 g/mol. The molecular weight excluding hydrogens is 382 g/mol. The van der Waals surface area contributed by atoms with Crippen molar-refractivity contribution in [1.29, 1.82) is 0 Å². The number of hydrogen-bond donors (Lipinski definition) is 2. The third-order valence-electron chi connectivity index (χ3n) is 6.07. The molecule has 29 heavy (non-hydrogen) atoms. The number of fused-ring (bicyclic) bond motifs is 6. The van der Waals surface area contributed by atoms with E-state index in [9.17, 15) is 14.7 Å². The Balaban J connectivity index is 1.61. The van der Waals surface area contributed by atoms with Crippen LogP contribution in [-0.4, -0.2) is 60.5 Å². The van der Waals surface area contributed by atoms with Crippen molar-refractivity contribution in [2.45, 2.75) is 56.8 Å². The molecular formula is C20H23NO8. The lowest BCUT2D eigenvalue weighted by molar-refractivity contribution is -0.160. The van der Waals surface area contributed by atoms with Crippen LogP contribution in [0.4, 0.5) is 0 Å². The molecule has 3 heterocycles. The fraction of sp³-hybridized carbons (Fsp3) is 0.600. The van der Waals surface area contributed by atoms with Crippen molar-refractivity contribution in [3.63, 3.8) is 0 Å². The smallest absolute Gasteiger partial charge is 0.302 e. The highest BCUT2D eigenvalue weighted by Crippen LogP contribution is 2.50. The molecule has 6 atom stereocenters. The highest BCUT2D eigenvalue weighted by Gasteiger charge is 2.60. The predicted molar refractivity (Wildman–Crippen MR) is 96.5 cm³/mol. The van der Waals surface area contributed by atoms with Gasteiger partial charge in [-0.15, -0.1) is 0 Å².